The first-order valence-corrected chi connectivity index (χ1v) is 9.12. The van der Waals surface area contributed by atoms with Crippen molar-refractivity contribution in [1.29, 1.82) is 0 Å². The summed E-state index contributed by atoms with van der Waals surface area (Å²) in [6, 6.07) is 10.3. The van der Waals surface area contributed by atoms with Crippen LogP contribution in [0.1, 0.15) is 36.7 Å². The minimum absolute atomic E-state index is 0.323. The molecule has 0 bridgehead atoms. The van der Waals surface area contributed by atoms with Gasteiger partial charge in [0.25, 0.3) is 5.91 Å². The van der Waals surface area contributed by atoms with Crippen LogP contribution in [0.15, 0.2) is 41.5 Å². The molecule has 0 heterocycles. The topological polar surface area (TPSA) is 69.2 Å². The first-order chi connectivity index (χ1) is 13.1. The van der Waals surface area contributed by atoms with Crippen LogP contribution in [0.2, 0.25) is 5.02 Å². The van der Waals surface area contributed by atoms with Crippen LogP contribution in [0.25, 0.3) is 0 Å². The molecule has 27 heavy (non-hydrogen) atoms. The van der Waals surface area contributed by atoms with Gasteiger partial charge in [0, 0.05) is 5.56 Å². The van der Waals surface area contributed by atoms with Gasteiger partial charge in [-0.1, -0.05) is 11.6 Å². The Balaban J connectivity index is 2.07. The number of rotatable bonds is 9. The highest BCUT2D eigenvalue weighted by Gasteiger charge is 2.11. The number of hydrogen-bond acceptors (Lipinski definition) is 5. The van der Waals surface area contributed by atoms with E-state index in [0.717, 1.165) is 0 Å². The molecule has 1 N–H and O–H groups in total. The maximum Gasteiger partial charge on any atom is 0.271 e. The maximum absolute atomic E-state index is 12.1. The van der Waals surface area contributed by atoms with Gasteiger partial charge < -0.3 is 14.2 Å². The Hall–Kier alpha value is -2.73. The monoisotopic (exact) mass is 390 g/mol. The van der Waals surface area contributed by atoms with Gasteiger partial charge in [-0.15, -0.1) is 0 Å². The zero-order chi connectivity index (χ0) is 19.6. The molecule has 0 aliphatic heterocycles. The van der Waals surface area contributed by atoms with E-state index in [0.29, 0.717) is 53.2 Å². The molecule has 0 radical (unpaired) electrons. The van der Waals surface area contributed by atoms with Crippen LogP contribution in [0, 0.1) is 0 Å². The summed E-state index contributed by atoms with van der Waals surface area (Å²) in [4.78, 5) is 12.1. The number of hydrogen-bond donors (Lipinski definition) is 1. The molecule has 2 aromatic rings. The second kappa shape index (κ2) is 10.4. The molecule has 6 nitrogen and oxygen atoms in total. The summed E-state index contributed by atoms with van der Waals surface area (Å²) in [5.74, 6) is 1.42. The summed E-state index contributed by atoms with van der Waals surface area (Å²) in [5.41, 5.74) is 3.65. The average Bonchev–Trinajstić information content (AvgIpc) is 2.65. The number of carbonyl (C=O) groups is 1. The van der Waals surface area contributed by atoms with Crippen molar-refractivity contribution in [2.45, 2.75) is 20.8 Å². The molecule has 2 rings (SSSR count). The quantitative estimate of drug-likeness (QED) is 0.512. The van der Waals surface area contributed by atoms with Crippen LogP contribution in [0.5, 0.6) is 17.2 Å². The van der Waals surface area contributed by atoms with Crippen LogP contribution in [-0.2, 0) is 0 Å². The summed E-state index contributed by atoms with van der Waals surface area (Å²) in [5, 5.41) is 4.40. The lowest BCUT2D eigenvalue weighted by Crippen LogP contribution is -2.17. The third kappa shape index (κ3) is 5.89. The third-order valence-corrected chi connectivity index (χ3v) is 3.71. The Kier molecular flexibility index (Phi) is 7.95. The molecule has 0 saturated heterocycles. The standard InChI is InChI=1S/C20H23ClN2O4/c1-4-25-16-9-7-15(8-10-16)20(24)23-22-13-14-11-17(21)19(27-6-3)18(12-14)26-5-2/h7-13H,4-6H2,1-3H3,(H,23,24)/b22-13+. The zero-order valence-corrected chi connectivity index (χ0v) is 16.4. The minimum atomic E-state index is -0.323. The third-order valence-electron chi connectivity index (χ3n) is 3.43. The highest BCUT2D eigenvalue weighted by Crippen LogP contribution is 2.36. The molecule has 0 aromatic heterocycles. The first kappa shape index (κ1) is 20.6. The van der Waals surface area contributed by atoms with E-state index in [1.165, 1.54) is 6.21 Å². The number of amides is 1. The van der Waals surface area contributed by atoms with E-state index in [4.69, 9.17) is 25.8 Å². The molecule has 144 valence electrons. The zero-order valence-electron chi connectivity index (χ0n) is 15.6. The number of nitrogens with zero attached hydrogens (tertiary/aromatic N) is 1. The van der Waals surface area contributed by atoms with Crippen LogP contribution >= 0.6 is 11.6 Å². The van der Waals surface area contributed by atoms with Crippen molar-refractivity contribution in [1.82, 2.24) is 5.43 Å². The van der Waals surface area contributed by atoms with E-state index in [1.807, 2.05) is 20.8 Å². The van der Waals surface area contributed by atoms with Gasteiger partial charge in [0.05, 0.1) is 31.1 Å². The van der Waals surface area contributed by atoms with Crippen LogP contribution in [0.3, 0.4) is 0 Å². The summed E-state index contributed by atoms with van der Waals surface area (Å²) in [6.07, 6.45) is 1.50. The number of ether oxygens (including phenoxy) is 3. The number of halogens is 1. The smallest absolute Gasteiger partial charge is 0.271 e. The van der Waals surface area contributed by atoms with E-state index >= 15 is 0 Å². The molecule has 1 amide bonds. The Bertz CT molecular complexity index is 791. The molecule has 0 saturated carbocycles. The van der Waals surface area contributed by atoms with Crippen molar-refractivity contribution < 1.29 is 19.0 Å². The molecule has 0 spiro atoms. The first-order valence-electron chi connectivity index (χ1n) is 8.74. The summed E-state index contributed by atoms with van der Waals surface area (Å²) in [6.45, 7) is 7.18. The Morgan fingerprint density at radius 2 is 1.70 bits per heavy atom. The maximum atomic E-state index is 12.1. The van der Waals surface area contributed by atoms with Gasteiger partial charge >= 0.3 is 0 Å². The fourth-order valence-electron chi connectivity index (χ4n) is 2.31. The second-order valence-corrected chi connectivity index (χ2v) is 5.76. The number of benzene rings is 2. The van der Waals surface area contributed by atoms with Gasteiger partial charge in [0.2, 0.25) is 0 Å². The number of hydrazone groups is 1. The molecule has 0 atom stereocenters. The average molecular weight is 391 g/mol. The van der Waals surface area contributed by atoms with Gasteiger partial charge in [0.1, 0.15) is 5.75 Å². The Morgan fingerprint density at radius 3 is 2.33 bits per heavy atom. The molecule has 0 unspecified atom stereocenters. The fraction of sp³-hybridized carbons (Fsp3) is 0.300. The lowest BCUT2D eigenvalue weighted by molar-refractivity contribution is 0.0955. The van der Waals surface area contributed by atoms with Crippen molar-refractivity contribution in [3.63, 3.8) is 0 Å². The molecule has 0 aliphatic carbocycles. The van der Waals surface area contributed by atoms with E-state index < -0.39 is 0 Å². The second-order valence-electron chi connectivity index (χ2n) is 5.35. The van der Waals surface area contributed by atoms with Gasteiger partial charge in [-0.2, -0.15) is 5.10 Å². The summed E-state index contributed by atoms with van der Waals surface area (Å²) in [7, 11) is 0. The van der Waals surface area contributed by atoms with Crippen molar-refractivity contribution >= 4 is 23.7 Å². The molecule has 0 fully saturated rings. The van der Waals surface area contributed by atoms with Crippen LogP contribution in [-0.4, -0.2) is 31.9 Å². The van der Waals surface area contributed by atoms with Gasteiger partial charge in [0.15, 0.2) is 11.5 Å². The Labute approximate surface area is 164 Å². The van der Waals surface area contributed by atoms with Gasteiger partial charge in [-0.3, -0.25) is 4.79 Å². The molecular weight excluding hydrogens is 368 g/mol. The fourth-order valence-corrected chi connectivity index (χ4v) is 2.58. The van der Waals surface area contributed by atoms with E-state index in [-0.39, 0.29) is 5.91 Å². The molecular formula is C20H23ClN2O4. The van der Waals surface area contributed by atoms with Crippen LogP contribution < -0.4 is 19.6 Å². The molecule has 2 aromatic carbocycles. The summed E-state index contributed by atoms with van der Waals surface area (Å²) < 4.78 is 16.4. The lowest BCUT2D eigenvalue weighted by atomic mass is 10.2. The summed E-state index contributed by atoms with van der Waals surface area (Å²) >= 11 is 6.26. The highest BCUT2D eigenvalue weighted by molar-refractivity contribution is 6.32. The predicted octanol–water partition coefficient (Wildman–Crippen LogP) is 4.30. The van der Waals surface area contributed by atoms with Crippen molar-refractivity contribution in [2.24, 2.45) is 5.10 Å². The van der Waals surface area contributed by atoms with Gasteiger partial charge in [-0.05, 0) is 62.7 Å². The lowest BCUT2D eigenvalue weighted by Gasteiger charge is -2.13. The Morgan fingerprint density at radius 1 is 1.04 bits per heavy atom. The minimum Gasteiger partial charge on any atom is -0.494 e. The van der Waals surface area contributed by atoms with Crippen molar-refractivity contribution in [3.8, 4) is 17.2 Å². The number of carbonyl (C=O) groups excluding carboxylic acids is 1. The van der Waals surface area contributed by atoms with Crippen molar-refractivity contribution in [2.75, 3.05) is 19.8 Å². The van der Waals surface area contributed by atoms with Gasteiger partial charge in [-0.25, -0.2) is 5.43 Å². The largest absolute Gasteiger partial charge is 0.494 e. The highest BCUT2D eigenvalue weighted by atomic mass is 35.5. The van der Waals surface area contributed by atoms with E-state index in [9.17, 15) is 4.79 Å². The van der Waals surface area contributed by atoms with E-state index in [2.05, 4.69) is 10.5 Å². The van der Waals surface area contributed by atoms with Crippen LogP contribution in [0.4, 0.5) is 0 Å². The number of nitrogens with one attached hydrogen (secondary N) is 1. The SMILES string of the molecule is CCOc1ccc(C(=O)N/N=C/c2cc(Cl)c(OCC)c(OCC)c2)cc1. The van der Waals surface area contributed by atoms with E-state index in [1.54, 1.807) is 36.4 Å². The normalized spacial score (nSPS) is 10.7. The molecule has 0 aliphatic rings. The predicted molar refractivity (Wildman–Crippen MR) is 106 cm³/mol. The molecule has 7 heteroatoms. The van der Waals surface area contributed by atoms with Crippen molar-refractivity contribution in [3.05, 3.63) is 52.5 Å².